The predicted molar refractivity (Wildman–Crippen MR) is 155 cm³/mol. The Hall–Kier alpha value is -4.29. The second-order valence-electron chi connectivity index (χ2n) is 12.6. The minimum atomic E-state index is -1.33. The minimum absolute atomic E-state index is 0.00789. The maximum atomic E-state index is 14.8. The van der Waals surface area contributed by atoms with Gasteiger partial charge in [0, 0.05) is 42.4 Å². The number of hydrogen-bond acceptors (Lipinski definition) is 4. The number of halogens is 4. The van der Waals surface area contributed by atoms with Crippen molar-refractivity contribution in [3.05, 3.63) is 53.6 Å². The van der Waals surface area contributed by atoms with Gasteiger partial charge in [0.05, 0.1) is 35.9 Å². The Balaban J connectivity index is 1.48. The molecule has 0 aliphatic carbocycles. The predicted octanol–water partition coefficient (Wildman–Crippen LogP) is 6.44. The lowest BCUT2D eigenvalue weighted by molar-refractivity contribution is 0.0207. The van der Waals surface area contributed by atoms with Gasteiger partial charge in [0.2, 0.25) is 0 Å². The number of hydrogen-bond donors (Lipinski definition) is 2. The Morgan fingerprint density at radius 1 is 1.00 bits per heavy atom. The molecule has 0 spiro atoms. The first-order valence-corrected chi connectivity index (χ1v) is 14.5. The van der Waals surface area contributed by atoms with Crippen LogP contribution in [0.3, 0.4) is 0 Å². The highest BCUT2D eigenvalue weighted by molar-refractivity contribution is 5.92. The maximum absolute atomic E-state index is 14.8. The van der Waals surface area contributed by atoms with Crippen LogP contribution < -0.4 is 0 Å². The SMILES string of the molecule is CC(C)(C)OC(=O)N1C[C@@H](F)C[C@H]1Cn1c(-c2[nH]c3cc(F)ccc3c2C[C@@H]2C[C@H](F)CN2C(=O)O)nc2cc(F)ccc21. The zero-order chi connectivity index (χ0) is 31.5. The van der Waals surface area contributed by atoms with Gasteiger partial charge in [-0.1, -0.05) is 0 Å². The fourth-order valence-corrected chi connectivity index (χ4v) is 6.42. The summed E-state index contributed by atoms with van der Waals surface area (Å²) in [5.41, 5.74) is 1.43. The molecule has 44 heavy (non-hydrogen) atoms. The zero-order valence-corrected chi connectivity index (χ0v) is 24.5. The van der Waals surface area contributed by atoms with E-state index in [9.17, 15) is 32.3 Å². The van der Waals surface area contributed by atoms with Crippen LogP contribution in [-0.4, -0.2) is 84.7 Å². The standard InChI is InChI=1S/C31H33F4N5O4/c1-31(2,3)44-30(43)39-14-19(35)9-21(39)15-40-26-7-5-17(33)11-25(26)37-28(40)27-23(22-6-4-16(32)10-24(22)36-27)12-20-8-18(34)13-38(20)29(41)42/h4-7,10-11,18-21,36H,8-9,12-15H2,1-3H3,(H,41,42)/t18-,19-,20-,21-/m0/s1. The number of H-pyrrole nitrogens is 1. The van der Waals surface area contributed by atoms with Crippen molar-refractivity contribution in [1.29, 1.82) is 0 Å². The molecule has 0 radical (unpaired) electrons. The van der Waals surface area contributed by atoms with Crippen molar-refractivity contribution in [2.45, 2.75) is 76.6 Å². The van der Waals surface area contributed by atoms with Crippen LogP contribution in [0.5, 0.6) is 0 Å². The summed E-state index contributed by atoms with van der Waals surface area (Å²) in [6.07, 6.45) is -4.38. The van der Waals surface area contributed by atoms with Gasteiger partial charge in [-0.05, 0) is 63.1 Å². The number of amides is 2. The van der Waals surface area contributed by atoms with E-state index in [2.05, 4.69) is 4.98 Å². The molecule has 2 aromatic heterocycles. The average Bonchev–Trinajstić information content (AvgIpc) is 3.67. The van der Waals surface area contributed by atoms with Crippen LogP contribution in [0.4, 0.5) is 27.2 Å². The van der Waals surface area contributed by atoms with E-state index in [0.29, 0.717) is 39.0 Å². The van der Waals surface area contributed by atoms with Crippen molar-refractivity contribution in [2.75, 3.05) is 13.1 Å². The number of fused-ring (bicyclic) bond motifs is 2. The maximum Gasteiger partial charge on any atom is 0.410 e. The summed E-state index contributed by atoms with van der Waals surface area (Å²) >= 11 is 0. The molecule has 0 bridgehead atoms. The molecule has 2 amide bonds. The summed E-state index contributed by atoms with van der Waals surface area (Å²) in [7, 11) is 0. The molecule has 2 saturated heterocycles. The molecule has 4 atom stereocenters. The largest absolute Gasteiger partial charge is 0.465 e. The van der Waals surface area contributed by atoms with Crippen molar-refractivity contribution >= 4 is 34.1 Å². The summed E-state index contributed by atoms with van der Waals surface area (Å²) < 4.78 is 65.2. The molecular formula is C31H33F4N5O4. The quantitative estimate of drug-likeness (QED) is 0.252. The van der Waals surface area contributed by atoms with E-state index in [4.69, 9.17) is 9.72 Å². The lowest BCUT2D eigenvalue weighted by atomic mass is 10.00. The summed E-state index contributed by atoms with van der Waals surface area (Å²) in [5.74, 6) is -0.720. The molecule has 13 heteroatoms. The number of aromatic amines is 1. The summed E-state index contributed by atoms with van der Waals surface area (Å²) in [5, 5.41) is 10.3. The van der Waals surface area contributed by atoms with Gasteiger partial charge in [-0.2, -0.15) is 0 Å². The summed E-state index contributed by atoms with van der Waals surface area (Å²) in [6.45, 7) is 4.85. The van der Waals surface area contributed by atoms with Gasteiger partial charge in [0.1, 0.15) is 29.6 Å². The average molecular weight is 616 g/mol. The molecule has 2 aliphatic rings. The molecule has 234 valence electrons. The number of benzene rings is 2. The van der Waals surface area contributed by atoms with Gasteiger partial charge in [0.25, 0.3) is 0 Å². The van der Waals surface area contributed by atoms with Crippen molar-refractivity contribution in [3.63, 3.8) is 0 Å². The summed E-state index contributed by atoms with van der Waals surface area (Å²) in [6, 6.07) is 6.89. The number of rotatable bonds is 5. The molecule has 4 heterocycles. The molecule has 0 unspecified atom stereocenters. The van der Waals surface area contributed by atoms with Crippen LogP contribution in [0.25, 0.3) is 33.5 Å². The molecule has 2 fully saturated rings. The Kier molecular flexibility index (Phi) is 7.45. The van der Waals surface area contributed by atoms with E-state index in [-0.39, 0.29) is 38.9 Å². The number of aromatic nitrogens is 3. The van der Waals surface area contributed by atoms with E-state index in [1.54, 1.807) is 37.5 Å². The number of carbonyl (C=O) groups excluding carboxylic acids is 1. The van der Waals surface area contributed by atoms with Crippen LogP contribution in [-0.2, 0) is 17.7 Å². The van der Waals surface area contributed by atoms with Gasteiger partial charge < -0.3 is 29.2 Å². The highest BCUT2D eigenvalue weighted by Crippen LogP contribution is 2.37. The van der Waals surface area contributed by atoms with E-state index >= 15 is 0 Å². The van der Waals surface area contributed by atoms with Crippen molar-refractivity contribution in [2.24, 2.45) is 0 Å². The lowest BCUT2D eigenvalue weighted by Crippen LogP contribution is -2.41. The normalized spacial score (nSPS) is 22.4. The third-order valence-electron chi connectivity index (χ3n) is 8.24. The lowest BCUT2D eigenvalue weighted by Gasteiger charge is -2.29. The smallest absolute Gasteiger partial charge is 0.410 e. The molecule has 2 N–H and O–H groups in total. The van der Waals surface area contributed by atoms with Crippen molar-refractivity contribution in [3.8, 4) is 11.5 Å². The number of imidazole rings is 1. The van der Waals surface area contributed by atoms with Gasteiger partial charge in [0.15, 0.2) is 5.82 Å². The Morgan fingerprint density at radius 2 is 1.66 bits per heavy atom. The van der Waals surface area contributed by atoms with E-state index in [1.165, 1.54) is 29.2 Å². The Bertz CT molecular complexity index is 1750. The van der Waals surface area contributed by atoms with Crippen LogP contribution in [0.2, 0.25) is 0 Å². The first-order valence-electron chi connectivity index (χ1n) is 14.5. The summed E-state index contributed by atoms with van der Waals surface area (Å²) in [4.78, 5) is 35.3. The highest BCUT2D eigenvalue weighted by Gasteiger charge is 2.40. The molecular weight excluding hydrogens is 582 g/mol. The van der Waals surface area contributed by atoms with E-state index in [1.807, 2.05) is 0 Å². The van der Waals surface area contributed by atoms with E-state index < -0.39 is 53.8 Å². The van der Waals surface area contributed by atoms with Gasteiger partial charge in [-0.3, -0.25) is 0 Å². The molecule has 0 saturated carbocycles. The highest BCUT2D eigenvalue weighted by atomic mass is 19.1. The van der Waals surface area contributed by atoms with Crippen LogP contribution in [0.1, 0.15) is 39.2 Å². The van der Waals surface area contributed by atoms with E-state index in [0.717, 1.165) is 4.90 Å². The second kappa shape index (κ2) is 11.0. The van der Waals surface area contributed by atoms with Crippen LogP contribution >= 0.6 is 0 Å². The third-order valence-corrected chi connectivity index (χ3v) is 8.24. The number of carbonyl (C=O) groups is 2. The number of likely N-dealkylation sites (tertiary alicyclic amines) is 2. The monoisotopic (exact) mass is 615 g/mol. The number of nitrogens with zero attached hydrogens (tertiary/aromatic N) is 4. The molecule has 4 aromatic rings. The van der Waals surface area contributed by atoms with Gasteiger partial charge in [-0.15, -0.1) is 0 Å². The fourth-order valence-electron chi connectivity index (χ4n) is 6.42. The zero-order valence-electron chi connectivity index (χ0n) is 24.5. The minimum Gasteiger partial charge on any atom is -0.465 e. The van der Waals surface area contributed by atoms with Gasteiger partial charge in [-0.25, -0.2) is 32.1 Å². The fraction of sp³-hybridized carbons (Fsp3) is 0.452. The van der Waals surface area contributed by atoms with Crippen molar-refractivity contribution in [1.82, 2.24) is 24.3 Å². The Morgan fingerprint density at radius 3 is 2.36 bits per heavy atom. The number of carboxylic acid groups (broad SMARTS) is 1. The topological polar surface area (TPSA) is 104 Å². The number of alkyl halides is 2. The van der Waals surface area contributed by atoms with Gasteiger partial charge >= 0.3 is 12.2 Å². The van der Waals surface area contributed by atoms with Crippen LogP contribution in [0, 0.1) is 11.6 Å². The first-order chi connectivity index (χ1) is 20.8. The number of ether oxygens (including phenoxy) is 1. The molecule has 9 nitrogen and oxygen atoms in total. The number of nitrogens with one attached hydrogen (secondary N) is 1. The van der Waals surface area contributed by atoms with Crippen molar-refractivity contribution < 1.29 is 37.0 Å². The first kappa shape index (κ1) is 29.8. The molecule has 6 rings (SSSR count). The second-order valence-corrected chi connectivity index (χ2v) is 12.6. The molecule has 2 aromatic carbocycles. The van der Waals surface area contributed by atoms with Crippen LogP contribution in [0.15, 0.2) is 36.4 Å². The Labute approximate surface area is 250 Å². The molecule has 2 aliphatic heterocycles. The third kappa shape index (κ3) is 5.67.